The van der Waals surface area contributed by atoms with Crippen molar-refractivity contribution in [1.29, 1.82) is 0 Å². The fraction of sp³-hybridized carbons (Fsp3) is 0.286. The molecule has 2 unspecified atom stereocenters. The number of hydrogen-bond donors (Lipinski definition) is 1. The second-order valence-electron chi connectivity index (χ2n) is 9.23. The highest BCUT2D eigenvalue weighted by atomic mass is 35.5. The lowest BCUT2D eigenvalue weighted by Gasteiger charge is -2.24. The first-order chi connectivity index (χ1) is 15.6. The largest absolute Gasteiger partial charge is 0.344 e. The van der Waals surface area contributed by atoms with Crippen molar-refractivity contribution in [2.75, 3.05) is 0 Å². The number of nitrogens with one attached hydrogen (secondary N) is 1. The van der Waals surface area contributed by atoms with Crippen LogP contribution in [0.25, 0.3) is 22.0 Å². The van der Waals surface area contributed by atoms with Crippen LogP contribution in [-0.2, 0) is 19.4 Å². The van der Waals surface area contributed by atoms with Gasteiger partial charge >= 0.3 is 0 Å². The lowest BCUT2D eigenvalue weighted by molar-refractivity contribution is 0.495. The summed E-state index contributed by atoms with van der Waals surface area (Å²) in [6.07, 6.45) is 4.64. The molecule has 0 saturated carbocycles. The maximum absolute atomic E-state index is 6.15. The van der Waals surface area contributed by atoms with Gasteiger partial charge in [-0.2, -0.15) is 0 Å². The monoisotopic (exact) mass is 460 g/mol. The number of aromatic nitrogens is 1. The second-order valence-corrected chi connectivity index (χ2v) is 10.1. The van der Waals surface area contributed by atoms with Crippen molar-refractivity contribution in [3.05, 3.63) is 93.1 Å². The van der Waals surface area contributed by atoms with E-state index in [-0.39, 0.29) is 0 Å². The summed E-state index contributed by atoms with van der Waals surface area (Å²) in [5.74, 6) is 0. The van der Waals surface area contributed by atoms with Gasteiger partial charge in [-0.3, -0.25) is 0 Å². The van der Waals surface area contributed by atoms with Gasteiger partial charge in [0.25, 0.3) is 0 Å². The first-order valence-corrected chi connectivity index (χ1v) is 12.2. The molecule has 1 N–H and O–H groups in total. The van der Waals surface area contributed by atoms with Crippen LogP contribution in [0.5, 0.6) is 0 Å². The minimum Gasteiger partial charge on any atom is -0.344 e. The molecule has 2 bridgehead atoms. The zero-order valence-electron chi connectivity index (χ0n) is 18.2. The number of benzene rings is 3. The Labute approximate surface area is 199 Å². The smallest absolute Gasteiger partial charge is 0.0489 e. The number of hydrogen-bond acceptors (Lipinski definition) is 1. The summed E-state index contributed by atoms with van der Waals surface area (Å²) < 4.78 is 2.60. The van der Waals surface area contributed by atoms with Crippen LogP contribution in [0.1, 0.15) is 41.3 Å². The van der Waals surface area contributed by atoms with E-state index >= 15 is 0 Å². The lowest BCUT2D eigenvalue weighted by atomic mass is 9.92. The predicted octanol–water partition coefficient (Wildman–Crippen LogP) is 7.52. The Kier molecular flexibility index (Phi) is 5.06. The molecular weight excluding hydrogens is 435 g/mol. The summed E-state index contributed by atoms with van der Waals surface area (Å²) in [5.41, 5.74) is 9.68. The first kappa shape index (κ1) is 20.4. The van der Waals surface area contributed by atoms with Crippen LogP contribution in [0.3, 0.4) is 0 Å². The third kappa shape index (κ3) is 3.37. The summed E-state index contributed by atoms with van der Waals surface area (Å²) in [6, 6.07) is 22.2. The van der Waals surface area contributed by atoms with Gasteiger partial charge in [0.05, 0.1) is 0 Å². The summed E-state index contributed by atoms with van der Waals surface area (Å²) in [6.45, 7) is 3.28. The van der Waals surface area contributed by atoms with Crippen LogP contribution in [-0.4, -0.2) is 10.6 Å². The van der Waals surface area contributed by atoms with Crippen LogP contribution >= 0.6 is 23.2 Å². The average molecular weight is 461 g/mol. The van der Waals surface area contributed by atoms with Crippen molar-refractivity contribution in [3.63, 3.8) is 0 Å². The van der Waals surface area contributed by atoms with Crippen molar-refractivity contribution < 1.29 is 0 Å². The average Bonchev–Trinajstić information content (AvgIpc) is 3.34. The molecule has 3 heterocycles. The molecule has 1 fully saturated rings. The molecule has 4 heteroatoms. The Hall–Kier alpha value is -2.26. The number of aryl methyl sites for hydroxylation is 3. The van der Waals surface area contributed by atoms with E-state index in [0.29, 0.717) is 12.1 Å². The molecule has 2 aliphatic rings. The third-order valence-electron chi connectivity index (χ3n) is 7.36. The molecule has 0 amide bonds. The molecule has 2 nitrogen and oxygen atoms in total. The zero-order chi connectivity index (χ0) is 21.8. The van der Waals surface area contributed by atoms with E-state index in [0.717, 1.165) is 29.4 Å². The van der Waals surface area contributed by atoms with Crippen LogP contribution in [0, 0.1) is 6.92 Å². The maximum atomic E-state index is 6.15. The number of fused-ring (bicyclic) bond motifs is 6. The van der Waals surface area contributed by atoms with E-state index in [1.807, 2.05) is 24.3 Å². The number of rotatable bonds is 4. The Bertz CT molecular complexity index is 1300. The molecule has 2 atom stereocenters. The summed E-state index contributed by atoms with van der Waals surface area (Å²) in [4.78, 5) is 0. The summed E-state index contributed by atoms with van der Waals surface area (Å²) >= 11 is 12.2. The minimum absolute atomic E-state index is 0.474. The molecule has 1 saturated heterocycles. The summed E-state index contributed by atoms with van der Waals surface area (Å²) in [7, 11) is 0. The van der Waals surface area contributed by atoms with Gasteiger partial charge in [-0.1, -0.05) is 53.5 Å². The topological polar surface area (TPSA) is 17.0 Å². The van der Waals surface area contributed by atoms with Crippen molar-refractivity contribution in [1.82, 2.24) is 9.88 Å². The molecule has 0 spiro atoms. The number of nitrogens with zero attached hydrogens (tertiary/aromatic N) is 1. The van der Waals surface area contributed by atoms with Crippen LogP contribution in [0.2, 0.25) is 10.0 Å². The molecule has 32 heavy (non-hydrogen) atoms. The van der Waals surface area contributed by atoms with Crippen molar-refractivity contribution in [2.24, 2.45) is 0 Å². The molecule has 162 valence electrons. The molecular formula is C28H26Cl2N2. The van der Waals surface area contributed by atoms with Gasteiger partial charge in [0.15, 0.2) is 0 Å². The van der Waals surface area contributed by atoms with Gasteiger partial charge in [0, 0.05) is 51.7 Å². The quantitative estimate of drug-likeness (QED) is 0.333. The normalized spacial score (nSPS) is 19.5. The van der Waals surface area contributed by atoms with Crippen molar-refractivity contribution in [3.8, 4) is 11.1 Å². The molecule has 4 aromatic rings. The van der Waals surface area contributed by atoms with Gasteiger partial charge < -0.3 is 9.88 Å². The van der Waals surface area contributed by atoms with Gasteiger partial charge in [-0.05, 0) is 84.3 Å². The molecule has 1 aromatic heterocycles. The van der Waals surface area contributed by atoms with E-state index in [1.54, 1.807) is 0 Å². The molecule has 0 radical (unpaired) electrons. The standard InChI is InChI=1S/C28H26Cl2N2/c1-17-23(19-4-8-21(30)9-5-19)11-13-25-27(17)28-24-12-10-22(31-24)16-26(28)32(25)15-14-18-2-6-20(29)7-3-18/h2-9,11,13,22,24,31H,10,12,14-16H2,1H3. The van der Waals surface area contributed by atoms with E-state index < -0.39 is 0 Å². The molecule has 3 aromatic carbocycles. The van der Waals surface area contributed by atoms with Crippen LogP contribution < -0.4 is 5.32 Å². The summed E-state index contributed by atoms with van der Waals surface area (Å²) in [5, 5.41) is 6.90. The zero-order valence-corrected chi connectivity index (χ0v) is 19.7. The SMILES string of the molecule is Cc1c(-c2ccc(Cl)cc2)ccc2c1c1c(n2CCc2ccc(Cl)cc2)CC2CCC1N2. The Morgan fingerprint density at radius 3 is 2.38 bits per heavy atom. The highest BCUT2D eigenvalue weighted by Gasteiger charge is 2.37. The molecule has 6 rings (SSSR count). The lowest BCUT2D eigenvalue weighted by Crippen LogP contribution is -2.32. The van der Waals surface area contributed by atoms with Crippen LogP contribution in [0.4, 0.5) is 0 Å². The Morgan fingerprint density at radius 1 is 0.906 bits per heavy atom. The fourth-order valence-corrected chi connectivity index (χ4v) is 6.08. The van der Waals surface area contributed by atoms with Crippen molar-refractivity contribution >= 4 is 34.1 Å². The van der Waals surface area contributed by atoms with Crippen LogP contribution in [0.15, 0.2) is 60.7 Å². The number of halogens is 2. The van der Waals surface area contributed by atoms with Gasteiger partial charge in [-0.25, -0.2) is 0 Å². The van der Waals surface area contributed by atoms with E-state index in [9.17, 15) is 0 Å². The van der Waals surface area contributed by atoms with E-state index in [2.05, 4.69) is 53.2 Å². The highest BCUT2D eigenvalue weighted by molar-refractivity contribution is 6.30. The third-order valence-corrected chi connectivity index (χ3v) is 7.87. The van der Waals surface area contributed by atoms with Gasteiger partial charge in [-0.15, -0.1) is 0 Å². The minimum atomic E-state index is 0.474. The highest BCUT2D eigenvalue weighted by Crippen LogP contribution is 2.44. The van der Waals surface area contributed by atoms with E-state index in [4.69, 9.17) is 23.2 Å². The maximum Gasteiger partial charge on any atom is 0.0489 e. The Morgan fingerprint density at radius 2 is 1.62 bits per heavy atom. The Balaban J connectivity index is 1.49. The van der Waals surface area contributed by atoms with E-state index in [1.165, 1.54) is 57.3 Å². The van der Waals surface area contributed by atoms with Gasteiger partial charge in [0.2, 0.25) is 0 Å². The fourth-order valence-electron chi connectivity index (χ4n) is 5.82. The van der Waals surface area contributed by atoms with Gasteiger partial charge in [0.1, 0.15) is 0 Å². The molecule has 2 aliphatic heterocycles. The predicted molar refractivity (Wildman–Crippen MR) is 135 cm³/mol. The second kappa shape index (κ2) is 7.95. The molecule has 0 aliphatic carbocycles. The van der Waals surface area contributed by atoms with Crippen molar-refractivity contribution in [2.45, 2.75) is 51.2 Å². The first-order valence-electron chi connectivity index (χ1n) is 11.5.